The lowest BCUT2D eigenvalue weighted by atomic mass is 9.79. The van der Waals surface area contributed by atoms with Crippen LogP contribution in [0.25, 0.3) is 86.9 Å². The van der Waals surface area contributed by atoms with E-state index in [9.17, 15) is 0 Å². The van der Waals surface area contributed by atoms with Crippen LogP contribution in [0, 0.1) is 0 Å². The van der Waals surface area contributed by atoms with Crippen molar-refractivity contribution in [2.24, 2.45) is 9.98 Å². The summed E-state index contributed by atoms with van der Waals surface area (Å²) in [6, 6.07) is 77.0. The molecule has 2 aliphatic rings. The molecule has 0 spiro atoms. The number of thiophene rings is 1. The number of nitrogens with zero attached hydrogens (tertiary/aromatic N) is 2. The van der Waals surface area contributed by atoms with Gasteiger partial charge in [-0.2, -0.15) is 0 Å². The average molecular weight is 795 g/mol. The third-order valence-corrected chi connectivity index (χ3v) is 13.7. The van der Waals surface area contributed by atoms with Crippen molar-refractivity contribution < 1.29 is 0 Å². The van der Waals surface area contributed by atoms with E-state index in [4.69, 9.17) is 9.98 Å². The van der Waals surface area contributed by atoms with Gasteiger partial charge >= 0.3 is 0 Å². The number of aliphatic imine (C=N–C) groups is 2. The Hall–Kier alpha value is -7.46. The van der Waals surface area contributed by atoms with Crippen molar-refractivity contribution in [3.63, 3.8) is 0 Å². The van der Waals surface area contributed by atoms with Crippen LogP contribution in [-0.4, -0.2) is 11.9 Å². The Labute approximate surface area is 359 Å². The van der Waals surface area contributed by atoms with Crippen molar-refractivity contribution in [2.75, 3.05) is 0 Å². The Balaban J connectivity index is 1.04. The second-order valence-electron chi connectivity index (χ2n) is 16.0. The summed E-state index contributed by atoms with van der Waals surface area (Å²) in [5.74, 6) is 0. The van der Waals surface area contributed by atoms with E-state index in [0.717, 1.165) is 16.8 Å². The molecule has 0 radical (unpaired) electrons. The molecule has 0 amide bonds. The Morgan fingerprint density at radius 2 is 0.820 bits per heavy atom. The number of rotatable bonds is 6. The van der Waals surface area contributed by atoms with Crippen LogP contribution in [0.1, 0.15) is 28.8 Å². The molecular formula is C58H38N2S. The lowest BCUT2D eigenvalue weighted by Crippen LogP contribution is -2.22. The molecule has 2 atom stereocenters. The Morgan fingerprint density at radius 1 is 0.328 bits per heavy atom. The molecule has 0 bridgehead atoms. The first-order valence-corrected chi connectivity index (χ1v) is 21.8. The van der Waals surface area contributed by atoms with E-state index in [1.165, 1.54) is 92.5 Å². The molecule has 12 rings (SSSR count). The second kappa shape index (κ2) is 14.7. The quantitative estimate of drug-likeness (QED) is 0.160. The highest BCUT2D eigenvalue weighted by Gasteiger charge is 2.35. The zero-order valence-corrected chi connectivity index (χ0v) is 34.1. The van der Waals surface area contributed by atoms with Crippen LogP contribution in [0.15, 0.2) is 222 Å². The van der Waals surface area contributed by atoms with Gasteiger partial charge in [-0.1, -0.05) is 176 Å². The normalized spacial score (nSPS) is 15.2. The van der Waals surface area contributed by atoms with Gasteiger partial charge in [-0.15, -0.1) is 11.3 Å². The Morgan fingerprint density at radius 3 is 1.48 bits per heavy atom. The molecule has 3 heteroatoms. The fourth-order valence-corrected chi connectivity index (χ4v) is 10.7. The molecule has 2 unspecified atom stereocenters. The lowest BCUT2D eigenvalue weighted by Gasteiger charge is -2.33. The number of fused-ring (bicyclic) bond motifs is 9. The highest BCUT2D eigenvalue weighted by molar-refractivity contribution is 7.26. The van der Waals surface area contributed by atoms with Crippen LogP contribution in [0.3, 0.4) is 0 Å². The SMILES string of the molecule is C1=NC2c3ccccc3-c3ccccc3C2N=C1c1ccccc1-c1cc(-c2cccc(-c3ccccc3)c2)cc2c1sc1ccc(-c3cccc(-c4ccccc4)c3)cc12. The molecule has 0 saturated carbocycles. The van der Waals surface area contributed by atoms with E-state index < -0.39 is 0 Å². The molecule has 0 saturated heterocycles. The van der Waals surface area contributed by atoms with Crippen molar-refractivity contribution in [1.82, 2.24) is 0 Å². The molecule has 2 nitrogen and oxygen atoms in total. The minimum absolute atomic E-state index is 0.0564. The summed E-state index contributed by atoms with van der Waals surface area (Å²) >= 11 is 1.87. The van der Waals surface area contributed by atoms with Crippen molar-refractivity contribution >= 4 is 43.4 Å². The standard InChI is InChI=1S/C58H38N2S/c1-3-15-37(16-4-1)39-19-13-21-41(31-39)43-29-30-55-51(33-43)53-35-44(42-22-14-20-40(32-42)38-17-5-2-6-18-38)34-52(58(53)61-55)47-25-7-10-26-48(47)54-36-59-56-49-27-11-8-23-45(49)46-24-9-12-28-50(46)57(56)60-54/h1-36,56-57H. The topological polar surface area (TPSA) is 24.7 Å². The minimum atomic E-state index is -0.102. The van der Waals surface area contributed by atoms with Crippen LogP contribution in [-0.2, 0) is 0 Å². The van der Waals surface area contributed by atoms with Gasteiger partial charge < -0.3 is 0 Å². The van der Waals surface area contributed by atoms with E-state index >= 15 is 0 Å². The fraction of sp³-hybridized carbons (Fsp3) is 0.0345. The van der Waals surface area contributed by atoms with Gasteiger partial charge in [0, 0.05) is 37.5 Å². The summed E-state index contributed by atoms with van der Waals surface area (Å²) in [7, 11) is 0. The predicted molar refractivity (Wildman–Crippen MR) is 259 cm³/mol. The zero-order valence-electron chi connectivity index (χ0n) is 33.2. The summed E-state index contributed by atoms with van der Waals surface area (Å²) in [5.41, 5.74) is 19.0. The van der Waals surface area contributed by atoms with Crippen LogP contribution >= 0.6 is 11.3 Å². The van der Waals surface area contributed by atoms with Crippen LogP contribution < -0.4 is 0 Å². The molecule has 0 fully saturated rings. The first-order chi connectivity index (χ1) is 30.2. The van der Waals surface area contributed by atoms with Gasteiger partial charge in [-0.25, -0.2) is 0 Å². The summed E-state index contributed by atoms with van der Waals surface area (Å²) in [5, 5.41) is 2.52. The summed E-state index contributed by atoms with van der Waals surface area (Å²) in [4.78, 5) is 10.9. The minimum Gasteiger partial charge on any atom is -0.280 e. The van der Waals surface area contributed by atoms with Crippen LogP contribution in [0.5, 0.6) is 0 Å². The second-order valence-corrected chi connectivity index (χ2v) is 17.1. The molecule has 1 aliphatic heterocycles. The first-order valence-electron chi connectivity index (χ1n) is 20.9. The molecule has 1 aliphatic carbocycles. The third-order valence-electron chi connectivity index (χ3n) is 12.5. The largest absolute Gasteiger partial charge is 0.280 e. The highest BCUT2D eigenvalue weighted by Crippen LogP contribution is 2.50. The molecule has 10 aromatic rings. The Kier molecular flexibility index (Phi) is 8.53. The smallest absolute Gasteiger partial charge is 0.103 e. The van der Waals surface area contributed by atoms with Crippen LogP contribution in [0.2, 0.25) is 0 Å². The molecule has 61 heavy (non-hydrogen) atoms. The van der Waals surface area contributed by atoms with Crippen molar-refractivity contribution in [3.05, 3.63) is 229 Å². The molecule has 2 heterocycles. The van der Waals surface area contributed by atoms with Gasteiger partial charge in [0.2, 0.25) is 0 Å². The highest BCUT2D eigenvalue weighted by atomic mass is 32.1. The summed E-state index contributed by atoms with van der Waals surface area (Å²) < 4.78 is 2.53. The fourth-order valence-electron chi connectivity index (χ4n) is 9.50. The van der Waals surface area contributed by atoms with Gasteiger partial charge in [0.25, 0.3) is 0 Å². The molecule has 9 aromatic carbocycles. The van der Waals surface area contributed by atoms with Gasteiger partial charge in [-0.05, 0) is 109 Å². The van der Waals surface area contributed by atoms with E-state index in [2.05, 4.69) is 212 Å². The summed E-state index contributed by atoms with van der Waals surface area (Å²) in [6.45, 7) is 0. The molecule has 0 N–H and O–H groups in total. The van der Waals surface area contributed by atoms with Gasteiger partial charge in [0.05, 0.1) is 5.71 Å². The van der Waals surface area contributed by atoms with Crippen molar-refractivity contribution in [3.8, 4) is 66.8 Å². The van der Waals surface area contributed by atoms with Gasteiger partial charge in [-0.3, -0.25) is 9.98 Å². The molecule has 1 aromatic heterocycles. The maximum Gasteiger partial charge on any atom is 0.103 e. The van der Waals surface area contributed by atoms with Crippen molar-refractivity contribution in [1.29, 1.82) is 0 Å². The van der Waals surface area contributed by atoms with Gasteiger partial charge in [0.15, 0.2) is 0 Å². The van der Waals surface area contributed by atoms with E-state index in [0.29, 0.717) is 0 Å². The monoisotopic (exact) mass is 794 g/mol. The molecule has 286 valence electrons. The van der Waals surface area contributed by atoms with Crippen molar-refractivity contribution in [2.45, 2.75) is 12.1 Å². The maximum atomic E-state index is 5.59. The maximum absolute atomic E-state index is 5.59. The van der Waals surface area contributed by atoms with E-state index in [1.54, 1.807) is 0 Å². The van der Waals surface area contributed by atoms with E-state index in [-0.39, 0.29) is 12.1 Å². The number of benzene rings is 9. The predicted octanol–water partition coefficient (Wildman–Crippen LogP) is 15.7. The average Bonchev–Trinajstić information content (AvgIpc) is 3.72. The van der Waals surface area contributed by atoms with E-state index in [1.807, 2.05) is 17.6 Å². The molecular weight excluding hydrogens is 757 g/mol. The Bertz CT molecular complexity index is 3380. The number of hydrogen-bond acceptors (Lipinski definition) is 3. The van der Waals surface area contributed by atoms with Crippen LogP contribution in [0.4, 0.5) is 0 Å². The first kappa shape index (κ1) is 35.5. The lowest BCUT2D eigenvalue weighted by molar-refractivity contribution is 0.570. The number of hydrogen-bond donors (Lipinski definition) is 0. The third kappa shape index (κ3) is 6.17. The zero-order chi connectivity index (χ0) is 40.3. The van der Waals surface area contributed by atoms with Gasteiger partial charge in [0.1, 0.15) is 12.1 Å². The summed E-state index contributed by atoms with van der Waals surface area (Å²) in [6.07, 6.45) is 2.02.